The van der Waals surface area contributed by atoms with E-state index in [1.54, 1.807) is 7.11 Å². The summed E-state index contributed by atoms with van der Waals surface area (Å²) in [7, 11) is 1.60. The first kappa shape index (κ1) is 20.2. The zero-order valence-corrected chi connectivity index (χ0v) is 15.2. The molecule has 0 aromatic heterocycles. The molecule has 0 spiro atoms. The van der Waals surface area contributed by atoms with Gasteiger partial charge in [0, 0.05) is 6.54 Å². The molecular formula is C20H22FNO5. The van der Waals surface area contributed by atoms with Gasteiger partial charge < -0.3 is 19.5 Å². The smallest absolute Gasteiger partial charge is 0.347 e. The van der Waals surface area contributed by atoms with Crippen LogP contribution in [0, 0.1) is 5.82 Å². The molecule has 2 rings (SSSR count). The SMILES string of the molecule is COc1ccc(CCNC(=O)COC(=O)[C@@H](C)Oc2ccc(F)cc2)cc1. The minimum atomic E-state index is -0.914. The number of carbonyl (C=O) groups excluding carboxylic acids is 2. The van der Waals surface area contributed by atoms with Crippen molar-refractivity contribution in [1.82, 2.24) is 5.32 Å². The molecule has 1 amide bonds. The van der Waals surface area contributed by atoms with Crippen LogP contribution in [0.2, 0.25) is 0 Å². The van der Waals surface area contributed by atoms with Gasteiger partial charge in [0.25, 0.3) is 5.91 Å². The van der Waals surface area contributed by atoms with Crippen molar-refractivity contribution in [2.24, 2.45) is 0 Å². The second-order valence-electron chi connectivity index (χ2n) is 5.77. The van der Waals surface area contributed by atoms with Crippen LogP contribution in [0.15, 0.2) is 48.5 Å². The normalized spacial score (nSPS) is 11.4. The summed E-state index contributed by atoms with van der Waals surface area (Å²) in [5, 5.41) is 2.68. The predicted molar refractivity (Wildman–Crippen MR) is 97.2 cm³/mol. The predicted octanol–water partition coefficient (Wildman–Crippen LogP) is 2.50. The van der Waals surface area contributed by atoms with Gasteiger partial charge in [0.05, 0.1) is 7.11 Å². The second-order valence-corrected chi connectivity index (χ2v) is 5.77. The lowest BCUT2D eigenvalue weighted by molar-refractivity contribution is -0.154. The van der Waals surface area contributed by atoms with Crippen molar-refractivity contribution < 1.29 is 28.2 Å². The first-order valence-corrected chi connectivity index (χ1v) is 8.46. The molecule has 7 heteroatoms. The Labute approximate surface area is 157 Å². The molecule has 0 bridgehead atoms. The van der Waals surface area contributed by atoms with E-state index in [0.29, 0.717) is 18.7 Å². The van der Waals surface area contributed by atoms with E-state index in [9.17, 15) is 14.0 Å². The molecule has 6 nitrogen and oxygen atoms in total. The first-order valence-electron chi connectivity index (χ1n) is 8.46. The molecule has 0 saturated carbocycles. The van der Waals surface area contributed by atoms with Gasteiger partial charge in [0.2, 0.25) is 0 Å². The number of benzene rings is 2. The molecule has 144 valence electrons. The van der Waals surface area contributed by atoms with Gasteiger partial charge in [-0.05, 0) is 55.3 Å². The maximum absolute atomic E-state index is 12.8. The van der Waals surface area contributed by atoms with Crippen molar-refractivity contribution in [3.63, 3.8) is 0 Å². The molecule has 1 N–H and O–H groups in total. The molecule has 0 heterocycles. The van der Waals surface area contributed by atoms with Crippen LogP contribution in [0.5, 0.6) is 11.5 Å². The van der Waals surface area contributed by atoms with Crippen LogP contribution >= 0.6 is 0 Å². The average Bonchev–Trinajstić information content (AvgIpc) is 2.68. The molecule has 0 saturated heterocycles. The van der Waals surface area contributed by atoms with Gasteiger partial charge in [-0.3, -0.25) is 4.79 Å². The van der Waals surface area contributed by atoms with Crippen molar-refractivity contribution in [1.29, 1.82) is 0 Å². The van der Waals surface area contributed by atoms with E-state index in [-0.39, 0.29) is 0 Å². The van der Waals surface area contributed by atoms with Crippen LogP contribution in [0.1, 0.15) is 12.5 Å². The van der Waals surface area contributed by atoms with E-state index in [1.807, 2.05) is 24.3 Å². The van der Waals surface area contributed by atoms with Crippen LogP contribution in [-0.4, -0.2) is 38.2 Å². The Morgan fingerprint density at radius 1 is 1.04 bits per heavy atom. The van der Waals surface area contributed by atoms with Crippen molar-refractivity contribution in [3.8, 4) is 11.5 Å². The Kier molecular flexibility index (Phi) is 7.61. The van der Waals surface area contributed by atoms with Gasteiger partial charge in [0.1, 0.15) is 17.3 Å². The van der Waals surface area contributed by atoms with Gasteiger partial charge in [-0.15, -0.1) is 0 Å². The highest BCUT2D eigenvalue weighted by Gasteiger charge is 2.17. The molecule has 2 aromatic carbocycles. The third-order valence-corrected chi connectivity index (χ3v) is 3.70. The van der Waals surface area contributed by atoms with Crippen LogP contribution in [0.4, 0.5) is 4.39 Å². The van der Waals surface area contributed by atoms with E-state index in [4.69, 9.17) is 14.2 Å². The van der Waals surface area contributed by atoms with Crippen LogP contribution in [-0.2, 0) is 20.7 Å². The molecule has 0 radical (unpaired) electrons. The summed E-state index contributed by atoms with van der Waals surface area (Å²) in [6.07, 6.45) is -0.268. The number of hydrogen-bond acceptors (Lipinski definition) is 5. The number of carbonyl (C=O) groups is 2. The maximum Gasteiger partial charge on any atom is 0.347 e. The summed E-state index contributed by atoms with van der Waals surface area (Å²) in [5.74, 6) is -0.365. The number of hydrogen-bond donors (Lipinski definition) is 1. The molecular weight excluding hydrogens is 353 g/mol. The number of ether oxygens (including phenoxy) is 3. The molecule has 1 atom stereocenters. The molecule has 0 aliphatic carbocycles. The fraction of sp³-hybridized carbons (Fsp3) is 0.300. The summed E-state index contributed by atoms with van der Waals surface area (Å²) < 4.78 is 28.2. The molecule has 0 unspecified atom stereocenters. The summed E-state index contributed by atoms with van der Waals surface area (Å²) >= 11 is 0. The number of nitrogens with one attached hydrogen (secondary N) is 1. The Bertz CT molecular complexity index is 746. The van der Waals surface area contributed by atoms with E-state index in [2.05, 4.69) is 5.32 Å². The van der Waals surface area contributed by atoms with Crippen LogP contribution < -0.4 is 14.8 Å². The van der Waals surface area contributed by atoms with Crippen molar-refractivity contribution in [2.75, 3.05) is 20.3 Å². The van der Waals surface area contributed by atoms with Gasteiger partial charge in [-0.1, -0.05) is 12.1 Å². The van der Waals surface area contributed by atoms with E-state index in [0.717, 1.165) is 11.3 Å². The Hall–Kier alpha value is -3.09. The van der Waals surface area contributed by atoms with Crippen molar-refractivity contribution >= 4 is 11.9 Å². The van der Waals surface area contributed by atoms with Crippen molar-refractivity contribution in [2.45, 2.75) is 19.4 Å². The lowest BCUT2D eigenvalue weighted by Crippen LogP contribution is -2.33. The number of esters is 1. The van der Waals surface area contributed by atoms with Gasteiger partial charge in [-0.2, -0.15) is 0 Å². The highest BCUT2D eigenvalue weighted by Crippen LogP contribution is 2.13. The zero-order valence-electron chi connectivity index (χ0n) is 15.2. The summed E-state index contributed by atoms with van der Waals surface area (Å²) in [6.45, 7) is 1.52. The number of methoxy groups -OCH3 is 1. The third kappa shape index (κ3) is 6.97. The first-order chi connectivity index (χ1) is 13.0. The standard InChI is InChI=1S/C20H22FNO5/c1-14(27-18-9-5-16(21)6-10-18)20(24)26-13-19(23)22-12-11-15-3-7-17(25-2)8-4-15/h3-10,14H,11-13H2,1-2H3,(H,22,23)/t14-/m1/s1. The number of amides is 1. The van der Waals surface area contributed by atoms with E-state index in [1.165, 1.54) is 31.2 Å². The van der Waals surface area contributed by atoms with Crippen molar-refractivity contribution in [3.05, 3.63) is 59.9 Å². The lowest BCUT2D eigenvalue weighted by Gasteiger charge is -2.14. The molecule has 0 aliphatic rings. The Morgan fingerprint density at radius 2 is 1.67 bits per heavy atom. The number of halogens is 1. The second kappa shape index (κ2) is 10.2. The summed E-state index contributed by atoms with van der Waals surface area (Å²) in [5.41, 5.74) is 1.05. The third-order valence-electron chi connectivity index (χ3n) is 3.70. The Morgan fingerprint density at radius 3 is 2.30 bits per heavy atom. The minimum absolute atomic E-state index is 0.338. The van der Waals surface area contributed by atoms with E-state index < -0.39 is 30.4 Å². The largest absolute Gasteiger partial charge is 0.497 e. The van der Waals surface area contributed by atoms with Gasteiger partial charge in [-0.25, -0.2) is 9.18 Å². The lowest BCUT2D eigenvalue weighted by atomic mass is 10.1. The Balaban J connectivity index is 1.66. The molecule has 0 fully saturated rings. The average molecular weight is 375 g/mol. The fourth-order valence-corrected chi connectivity index (χ4v) is 2.21. The fourth-order valence-electron chi connectivity index (χ4n) is 2.21. The summed E-state index contributed by atoms with van der Waals surface area (Å²) in [6, 6.07) is 12.8. The topological polar surface area (TPSA) is 73.9 Å². The van der Waals surface area contributed by atoms with E-state index >= 15 is 0 Å². The quantitative estimate of drug-likeness (QED) is 0.682. The monoisotopic (exact) mass is 375 g/mol. The maximum atomic E-state index is 12.8. The summed E-state index contributed by atoms with van der Waals surface area (Å²) in [4.78, 5) is 23.6. The molecule has 0 aliphatic heterocycles. The zero-order chi connectivity index (χ0) is 19.6. The highest BCUT2D eigenvalue weighted by atomic mass is 19.1. The molecule has 27 heavy (non-hydrogen) atoms. The van der Waals surface area contributed by atoms with Crippen LogP contribution in [0.25, 0.3) is 0 Å². The molecule has 2 aromatic rings. The highest BCUT2D eigenvalue weighted by molar-refractivity contribution is 5.81. The van der Waals surface area contributed by atoms with Gasteiger partial charge >= 0.3 is 5.97 Å². The number of rotatable bonds is 9. The van der Waals surface area contributed by atoms with Crippen LogP contribution in [0.3, 0.4) is 0 Å². The minimum Gasteiger partial charge on any atom is -0.497 e. The van der Waals surface area contributed by atoms with Gasteiger partial charge in [0.15, 0.2) is 12.7 Å².